The van der Waals surface area contributed by atoms with E-state index in [9.17, 15) is 18.0 Å². The average Bonchev–Trinajstić information content (AvgIpc) is 3.09. The van der Waals surface area contributed by atoms with E-state index < -0.39 is 46.9 Å². The monoisotopic (exact) mass is 406 g/mol. The Labute approximate surface area is 160 Å². The first-order chi connectivity index (χ1) is 12.0. The summed E-state index contributed by atoms with van der Waals surface area (Å²) in [6.07, 6.45) is 2.69. The minimum atomic E-state index is -1.29. The van der Waals surface area contributed by atoms with Crippen molar-refractivity contribution < 1.29 is 22.7 Å². The van der Waals surface area contributed by atoms with E-state index in [4.69, 9.17) is 27.9 Å². The molecule has 0 radical (unpaired) electrons. The number of halogens is 5. The fraction of sp³-hybridized carbons (Fsp3) is 0.421. The first-order valence-corrected chi connectivity index (χ1v) is 8.74. The van der Waals surface area contributed by atoms with Crippen LogP contribution in [0.15, 0.2) is 23.2 Å². The van der Waals surface area contributed by atoms with E-state index in [0.29, 0.717) is 0 Å². The number of allylic oxidation sites excluding steroid dienone is 2. The molecule has 1 aliphatic rings. The molecular formula is C19H19Cl2F3O2. The van der Waals surface area contributed by atoms with Gasteiger partial charge in [0.25, 0.3) is 0 Å². The van der Waals surface area contributed by atoms with Crippen molar-refractivity contribution in [2.75, 3.05) is 0 Å². The Morgan fingerprint density at radius 3 is 2.31 bits per heavy atom. The zero-order chi connectivity index (χ0) is 19.8. The second kappa shape index (κ2) is 7.65. The van der Waals surface area contributed by atoms with Crippen LogP contribution in [0.2, 0.25) is 0 Å². The molecule has 0 saturated heterocycles. The van der Waals surface area contributed by atoms with Gasteiger partial charge in [0.2, 0.25) is 0 Å². The van der Waals surface area contributed by atoms with E-state index in [1.54, 1.807) is 6.08 Å². The van der Waals surface area contributed by atoms with Crippen molar-refractivity contribution in [1.29, 1.82) is 0 Å². The molecule has 0 spiro atoms. The van der Waals surface area contributed by atoms with Crippen molar-refractivity contribution in [3.63, 3.8) is 0 Å². The van der Waals surface area contributed by atoms with Crippen molar-refractivity contribution in [1.82, 2.24) is 0 Å². The van der Waals surface area contributed by atoms with Gasteiger partial charge >= 0.3 is 5.97 Å². The maximum absolute atomic E-state index is 14.3. The Kier molecular flexibility index (Phi) is 6.13. The third-order valence-electron chi connectivity index (χ3n) is 4.95. The smallest absolute Gasteiger partial charge is 0.310 e. The van der Waals surface area contributed by atoms with Crippen LogP contribution >= 0.6 is 23.2 Å². The number of benzene rings is 1. The van der Waals surface area contributed by atoms with E-state index in [-0.39, 0.29) is 28.0 Å². The molecule has 1 aliphatic carbocycles. The molecule has 1 fully saturated rings. The highest BCUT2D eigenvalue weighted by Gasteiger charge is 2.61. The van der Waals surface area contributed by atoms with E-state index in [1.165, 1.54) is 13.0 Å². The topological polar surface area (TPSA) is 26.3 Å². The molecule has 1 aromatic rings. The SMILES string of the molecule is C=CCc1c(F)c(C)c(COC(=O)[C@@H]2[C@@H](C=C(Cl)Cl)C2(C)C)c(F)c1F. The van der Waals surface area contributed by atoms with Crippen LogP contribution in [0.3, 0.4) is 0 Å². The maximum Gasteiger partial charge on any atom is 0.310 e. The molecule has 7 heteroatoms. The van der Waals surface area contributed by atoms with Gasteiger partial charge in [-0.3, -0.25) is 4.79 Å². The summed E-state index contributed by atoms with van der Waals surface area (Å²) in [5.74, 6) is -4.69. The Bertz CT molecular complexity index is 754. The summed E-state index contributed by atoms with van der Waals surface area (Å²) in [6.45, 7) is 7.83. The standard InChI is InChI=1S/C19H19Cl2F3O2/c1-5-6-10-15(22)9(2)11(17(24)16(10)23)8-26-18(25)14-12(7-13(20)21)19(14,3)4/h5,7,12,14H,1,6,8H2,2-4H3/t12-,14+/m1/s1. The number of rotatable bonds is 6. The average molecular weight is 407 g/mol. The van der Waals surface area contributed by atoms with Gasteiger partial charge in [0, 0.05) is 11.1 Å². The second-order valence-electron chi connectivity index (χ2n) is 6.91. The minimum absolute atomic E-state index is 0.0437. The molecule has 0 N–H and O–H groups in total. The lowest BCUT2D eigenvalue weighted by molar-refractivity contribution is -0.147. The highest BCUT2D eigenvalue weighted by Crippen LogP contribution is 2.60. The van der Waals surface area contributed by atoms with Crippen LogP contribution in [0.4, 0.5) is 13.2 Å². The molecule has 0 heterocycles. The summed E-state index contributed by atoms with van der Waals surface area (Å²) in [5.41, 5.74) is -1.22. The molecular weight excluding hydrogens is 388 g/mol. The van der Waals surface area contributed by atoms with Gasteiger partial charge in [0.1, 0.15) is 16.9 Å². The number of hydrogen-bond acceptors (Lipinski definition) is 2. The fourth-order valence-electron chi connectivity index (χ4n) is 3.19. The molecule has 2 atom stereocenters. The van der Waals surface area contributed by atoms with Gasteiger partial charge in [0.05, 0.1) is 5.92 Å². The van der Waals surface area contributed by atoms with Crippen LogP contribution in [0, 0.1) is 41.6 Å². The van der Waals surface area contributed by atoms with Gasteiger partial charge in [-0.15, -0.1) is 6.58 Å². The molecule has 0 aliphatic heterocycles. The summed E-state index contributed by atoms with van der Waals surface area (Å²) >= 11 is 11.3. The predicted molar refractivity (Wildman–Crippen MR) is 95.3 cm³/mol. The van der Waals surface area contributed by atoms with Gasteiger partial charge in [-0.1, -0.05) is 43.1 Å². The van der Waals surface area contributed by atoms with Crippen LogP contribution in [-0.2, 0) is 22.6 Å². The highest BCUT2D eigenvalue weighted by molar-refractivity contribution is 6.55. The largest absolute Gasteiger partial charge is 0.460 e. The van der Waals surface area contributed by atoms with Crippen molar-refractivity contribution in [3.05, 3.63) is 57.4 Å². The zero-order valence-corrected chi connectivity index (χ0v) is 16.1. The Morgan fingerprint density at radius 2 is 1.77 bits per heavy atom. The molecule has 142 valence electrons. The van der Waals surface area contributed by atoms with Gasteiger partial charge in [-0.05, 0) is 36.3 Å². The van der Waals surface area contributed by atoms with Crippen molar-refractivity contribution in [3.8, 4) is 0 Å². The quantitative estimate of drug-likeness (QED) is 0.340. The molecule has 0 aromatic heterocycles. The van der Waals surface area contributed by atoms with Crippen LogP contribution in [0.5, 0.6) is 0 Å². The lowest BCUT2D eigenvalue weighted by atomic mass is 10.0. The summed E-state index contributed by atoms with van der Waals surface area (Å²) in [6, 6.07) is 0. The Hall–Kier alpha value is -1.46. The van der Waals surface area contributed by atoms with Crippen LogP contribution in [0.1, 0.15) is 30.5 Å². The summed E-state index contributed by atoms with van der Waals surface area (Å²) in [7, 11) is 0. The van der Waals surface area contributed by atoms with Crippen LogP contribution in [-0.4, -0.2) is 5.97 Å². The number of esters is 1. The normalized spacial score (nSPS) is 20.5. The molecule has 0 unspecified atom stereocenters. The fourth-order valence-corrected chi connectivity index (χ4v) is 3.46. The molecule has 1 saturated carbocycles. The van der Waals surface area contributed by atoms with E-state index in [1.807, 2.05) is 13.8 Å². The van der Waals surface area contributed by atoms with E-state index in [2.05, 4.69) is 6.58 Å². The molecule has 2 nitrogen and oxygen atoms in total. The van der Waals surface area contributed by atoms with Crippen molar-refractivity contribution >= 4 is 29.2 Å². The Morgan fingerprint density at radius 1 is 1.19 bits per heavy atom. The molecule has 2 rings (SSSR count). The third kappa shape index (κ3) is 3.79. The van der Waals surface area contributed by atoms with Crippen LogP contribution < -0.4 is 0 Å². The van der Waals surface area contributed by atoms with Crippen molar-refractivity contribution in [2.24, 2.45) is 17.3 Å². The lowest BCUT2D eigenvalue weighted by Gasteiger charge is -2.14. The summed E-state index contributed by atoms with van der Waals surface area (Å²) in [5, 5.41) is 0. The van der Waals surface area contributed by atoms with Crippen LogP contribution in [0.25, 0.3) is 0 Å². The molecule has 0 amide bonds. The lowest BCUT2D eigenvalue weighted by Crippen LogP contribution is -2.14. The third-order valence-corrected chi connectivity index (χ3v) is 5.20. The van der Waals surface area contributed by atoms with Gasteiger partial charge < -0.3 is 4.74 Å². The Balaban J connectivity index is 2.19. The number of carbonyl (C=O) groups is 1. The highest BCUT2D eigenvalue weighted by atomic mass is 35.5. The summed E-state index contributed by atoms with van der Waals surface area (Å²) in [4.78, 5) is 12.3. The first-order valence-electron chi connectivity index (χ1n) is 7.99. The second-order valence-corrected chi connectivity index (χ2v) is 7.91. The zero-order valence-electron chi connectivity index (χ0n) is 14.6. The number of ether oxygens (including phenoxy) is 1. The van der Waals surface area contributed by atoms with Gasteiger partial charge in [-0.2, -0.15) is 0 Å². The van der Waals surface area contributed by atoms with E-state index >= 15 is 0 Å². The van der Waals surface area contributed by atoms with Gasteiger partial charge in [0.15, 0.2) is 11.6 Å². The van der Waals surface area contributed by atoms with E-state index in [0.717, 1.165) is 0 Å². The molecule has 1 aromatic carbocycles. The summed E-state index contributed by atoms with van der Waals surface area (Å²) < 4.78 is 47.8. The van der Waals surface area contributed by atoms with Gasteiger partial charge in [-0.25, -0.2) is 13.2 Å². The minimum Gasteiger partial charge on any atom is -0.460 e. The number of hydrogen-bond donors (Lipinski definition) is 0. The number of carbonyl (C=O) groups excluding carboxylic acids is 1. The predicted octanol–water partition coefficient (Wildman–Crippen LogP) is 5.78. The molecule has 0 bridgehead atoms. The maximum atomic E-state index is 14.3. The molecule has 26 heavy (non-hydrogen) atoms. The first kappa shape index (κ1) is 20.8. The van der Waals surface area contributed by atoms with Crippen molar-refractivity contribution in [2.45, 2.75) is 33.8 Å².